The van der Waals surface area contributed by atoms with Crippen molar-refractivity contribution < 1.29 is 31.6 Å². The monoisotopic (exact) mass is 399 g/mol. The molecule has 146 valence electrons. The van der Waals surface area contributed by atoms with E-state index >= 15 is 0 Å². The molecule has 0 N–H and O–H groups in total. The van der Waals surface area contributed by atoms with E-state index in [1.165, 1.54) is 14.0 Å². The third-order valence-corrected chi connectivity index (χ3v) is 3.82. The van der Waals surface area contributed by atoms with Crippen molar-refractivity contribution in [3.8, 4) is 22.8 Å². The number of hydrogen-bond acceptors (Lipinski definition) is 4. The molecule has 0 saturated heterocycles. The lowest BCUT2D eigenvalue weighted by molar-refractivity contribution is -0.385. The van der Waals surface area contributed by atoms with Gasteiger partial charge in [0.25, 0.3) is 5.69 Å². The molecule has 0 bridgehead atoms. The fraction of sp³-hybridized carbons (Fsp3) is 0.118. The van der Waals surface area contributed by atoms with Crippen molar-refractivity contribution in [1.82, 2.24) is 9.78 Å². The quantitative estimate of drug-likeness (QED) is 0.359. The minimum atomic E-state index is -1.41. The minimum absolute atomic E-state index is 0.0321. The number of halogens is 5. The van der Waals surface area contributed by atoms with E-state index in [0.717, 1.165) is 4.68 Å². The molecule has 3 aromatic rings. The van der Waals surface area contributed by atoms with Gasteiger partial charge in [0.2, 0.25) is 11.6 Å². The van der Waals surface area contributed by atoms with Gasteiger partial charge in [0, 0.05) is 19.2 Å². The van der Waals surface area contributed by atoms with Gasteiger partial charge in [-0.3, -0.25) is 10.1 Å². The molecule has 0 aliphatic carbocycles. The summed E-state index contributed by atoms with van der Waals surface area (Å²) in [6, 6.07) is 1.73. The Kier molecular flexibility index (Phi) is 4.75. The summed E-state index contributed by atoms with van der Waals surface area (Å²) in [6.45, 7) is 1.35. The van der Waals surface area contributed by atoms with Crippen molar-refractivity contribution in [3.05, 3.63) is 69.2 Å². The van der Waals surface area contributed by atoms with Gasteiger partial charge in [-0.05, 0) is 6.92 Å². The van der Waals surface area contributed by atoms with Crippen LogP contribution < -0.4 is 4.74 Å². The SMILES string of the molecule is Cc1nn(C)c(Oc2c(F)cc([N+](=O)[O-])cc2F)c1-c1c(F)cc(F)cc1F. The van der Waals surface area contributed by atoms with Gasteiger partial charge >= 0.3 is 0 Å². The van der Waals surface area contributed by atoms with Crippen LogP contribution in [0.1, 0.15) is 5.69 Å². The molecule has 1 heterocycles. The van der Waals surface area contributed by atoms with Gasteiger partial charge in [0.1, 0.15) is 17.5 Å². The van der Waals surface area contributed by atoms with E-state index in [9.17, 15) is 32.1 Å². The van der Waals surface area contributed by atoms with Gasteiger partial charge < -0.3 is 4.74 Å². The van der Waals surface area contributed by atoms with Crippen LogP contribution in [-0.4, -0.2) is 14.7 Å². The number of hydrogen-bond donors (Lipinski definition) is 0. The molecule has 0 atom stereocenters. The molecular formula is C17H10F5N3O3. The Balaban J connectivity index is 2.18. The molecule has 2 aromatic carbocycles. The van der Waals surface area contributed by atoms with E-state index in [-0.39, 0.29) is 11.3 Å². The van der Waals surface area contributed by atoms with Gasteiger partial charge in [-0.25, -0.2) is 26.6 Å². The molecular weight excluding hydrogens is 389 g/mol. The first-order chi connectivity index (χ1) is 13.1. The van der Waals surface area contributed by atoms with Crippen LogP contribution in [0.15, 0.2) is 24.3 Å². The number of ether oxygens (including phenoxy) is 1. The molecule has 0 aliphatic rings. The standard InChI is InChI=1S/C17H10F5N3O3/c1-7-14(15-10(19)3-8(18)4-11(15)20)17(24(2)23-7)28-16-12(21)5-9(25(26)27)6-13(16)22/h3-6H,1-2H3. The Bertz CT molecular complexity index is 1070. The Morgan fingerprint density at radius 2 is 1.50 bits per heavy atom. The predicted molar refractivity (Wildman–Crippen MR) is 86.3 cm³/mol. The first kappa shape index (κ1) is 19.3. The highest BCUT2D eigenvalue weighted by Gasteiger charge is 2.27. The summed E-state index contributed by atoms with van der Waals surface area (Å²) < 4.78 is 76.0. The number of nitro groups is 1. The lowest BCUT2D eigenvalue weighted by atomic mass is 10.0. The molecule has 0 radical (unpaired) electrons. The number of non-ortho nitro benzene ring substituents is 1. The average Bonchev–Trinajstić information content (AvgIpc) is 2.83. The highest BCUT2D eigenvalue weighted by molar-refractivity contribution is 5.73. The number of nitrogens with zero attached hydrogens (tertiary/aromatic N) is 3. The number of aromatic nitrogens is 2. The Morgan fingerprint density at radius 3 is 2.00 bits per heavy atom. The van der Waals surface area contributed by atoms with Crippen LogP contribution in [0.25, 0.3) is 11.1 Å². The zero-order valence-electron chi connectivity index (χ0n) is 14.3. The fourth-order valence-corrected chi connectivity index (χ4v) is 2.67. The van der Waals surface area contributed by atoms with E-state index in [1.807, 2.05) is 0 Å². The fourth-order valence-electron chi connectivity index (χ4n) is 2.67. The van der Waals surface area contributed by atoms with Gasteiger partial charge in [-0.1, -0.05) is 0 Å². The molecule has 6 nitrogen and oxygen atoms in total. The molecule has 0 aliphatic heterocycles. The number of nitro benzene ring substituents is 1. The van der Waals surface area contributed by atoms with Crippen molar-refractivity contribution in [2.75, 3.05) is 0 Å². The largest absolute Gasteiger partial charge is 0.432 e. The first-order valence-corrected chi connectivity index (χ1v) is 7.60. The number of aryl methyl sites for hydroxylation is 2. The van der Waals surface area contributed by atoms with Crippen LogP contribution in [0.3, 0.4) is 0 Å². The molecule has 1 aromatic heterocycles. The Morgan fingerprint density at radius 1 is 0.964 bits per heavy atom. The summed E-state index contributed by atoms with van der Waals surface area (Å²) in [5.41, 5.74) is -1.82. The summed E-state index contributed by atoms with van der Waals surface area (Å²) in [4.78, 5) is 9.68. The van der Waals surface area contributed by atoms with Crippen molar-refractivity contribution in [2.24, 2.45) is 7.05 Å². The molecule has 0 unspecified atom stereocenters. The van der Waals surface area contributed by atoms with Crippen molar-refractivity contribution >= 4 is 5.69 Å². The molecule has 11 heteroatoms. The van der Waals surface area contributed by atoms with Crippen LogP contribution in [0.5, 0.6) is 11.6 Å². The second-order valence-electron chi connectivity index (χ2n) is 5.73. The lowest BCUT2D eigenvalue weighted by Gasteiger charge is -2.12. The van der Waals surface area contributed by atoms with E-state index < -0.39 is 56.9 Å². The molecule has 0 spiro atoms. The summed E-state index contributed by atoms with van der Waals surface area (Å²) >= 11 is 0. The second kappa shape index (κ2) is 6.91. The van der Waals surface area contributed by atoms with Gasteiger partial charge in [0.15, 0.2) is 11.6 Å². The van der Waals surface area contributed by atoms with Crippen LogP contribution in [0.4, 0.5) is 27.6 Å². The second-order valence-corrected chi connectivity index (χ2v) is 5.73. The highest BCUT2D eigenvalue weighted by Crippen LogP contribution is 2.40. The van der Waals surface area contributed by atoms with E-state index in [4.69, 9.17) is 4.74 Å². The maximum atomic E-state index is 14.2. The van der Waals surface area contributed by atoms with Crippen LogP contribution in [-0.2, 0) is 7.05 Å². The van der Waals surface area contributed by atoms with Crippen molar-refractivity contribution in [2.45, 2.75) is 6.92 Å². The maximum absolute atomic E-state index is 14.2. The van der Waals surface area contributed by atoms with Crippen molar-refractivity contribution in [3.63, 3.8) is 0 Å². The normalized spacial score (nSPS) is 11.0. The first-order valence-electron chi connectivity index (χ1n) is 7.60. The van der Waals surface area contributed by atoms with E-state index in [0.29, 0.717) is 24.3 Å². The molecule has 3 rings (SSSR count). The third-order valence-electron chi connectivity index (χ3n) is 3.82. The Hall–Kier alpha value is -3.50. The Labute approximate surface area is 153 Å². The minimum Gasteiger partial charge on any atom is -0.432 e. The smallest absolute Gasteiger partial charge is 0.275 e. The molecule has 0 amide bonds. The summed E-state index contributed by atoms with van der Waals surface area (Å²) in [7, 11) is 1.28. The number of benzene rings is 2. The third kappa shape index (κ3) is 3.26. The lowest BCUT2D eigenvalue weighted by Crippen LogP contribution is -2.02. The van der Waals surface area contributed by atoms with Gasteiger partial charge in [-0.2, -0.15) is 5.10 Å². The molecule has 0 fully saturated rings. The maximum Gasteiger partial charge on any atom is 0.275 e. The predicted octanol–water partition coefficient (Wildman–Crippen LogP) is 4.79. The van der Waals surface area contributed by atoms with Gasteiger partial charge in [0.05, 0.1) is 33.9 Å². The van der Waals surface area contributed by atoms with Crippen LogP contribution in [0.2, 0.25) is 0 Å². The summed E-state index contributed by atoms with van der Waals surface area (Å²) in [5, 5.41) is 14.6. The van der Waals surface area contributed by atoms with E-state index in [1.54, 1.807) is 0 Å². The number of rotatable bonds is 4. The van der Waals surface area contributed by atoms with Crippen molar-refractivity contribution in [1.29, 1.82) is 0 Å². The molecule has 0 saturated carbocycles. The molecule has 28 heavy (non-hydrogen) atoms. The van der Waals surface area contributed by atoms with Gasteiger partial charge in [-0.15, -0.1) is 0 Å². The average molecular weight is 399 g/mol. The highest BCUT2D eigenvalue weighted by atomic mass is 19.2. The summed E-state index contributed by atoms with van der Waals surface area (Å²) in [5.74, 6) is -8.00. The topological polar surface area (TPSA) is 70.2 Å². The van der Waals surface area contributed by atoms with E-state index in [2.05, 4.69) is 5.10 Å². The zero-order chi connectivity index (χ0) is 20.7. The van der Waals surface area contributed by atoms with Crippen LogP contribution in [0, 0.1) is 46.1 Å². The zero-order valence-corrected chi connectivity index (χ0v) is 14.3. The van der Waals surface area contributed by atoms with Crippen LogP contribution >= 0.6 is 0 Å². The summed E-state index contributed by atoms with van der Waals surface area (Å²) in [6.07, 6.45) is 0.